The molecule has 0 radical (unpaired) electrons. The summed E-state index contributed by atoms with van der Waals surface area (Å²) in [4.78, 5) is 4.50. The number of aryl methyl sites for hydroxylation is 1. The monoisotopic (exact) mass is 219 g/mol. The Balaban J connectivity index is 2.55. The van der Waals surface area contributed by atoms with Crippen LogP contribution in [0.2, 0.25) is 0 Å². The molecule has 0 aliphatic rings. The van der Waals surface area contributed by atoms with Gasteiger partial charge in [0.05, 0.1) is 5.69 Å². The molecule has 1 aromatic carbocycles. The Hall–Kier alpha value is -1.23. The molecule has 1 rings (SSSR count). The van der Waals surface area contributed by atoms with Gasteiger partial charge in [-0.1, -0.05) is 18.2 Å². The fourth-order valence-corrected chi connectivity index (χ4v) is 0.906. The molecule has 0 aliphatic heterocycles. The molecule has 0 saturated heterocycles. The van der Waals surface area contributed by atoms with Gasteiger partial charge in [0.2, 0.25) is 0 Å². The van der Waals surface area contributed by atoms with Crippen LogP contribution in [0.15, 0.2) is 24.3 Å². The maximum absolute atomic E-state index is 12.1. The largest absolute Gasteiger partial charge is 0.416 e. The van der Waals surface area contributed by atoms with Crippen LogP contribution < -0.4 is 5.48 Å². The first-order chi connectivity index (χ1) is 6.91. The second-order valence-electron chi connectivity index (χ2n) is 3.22. The molecule has 0 saturated carbocycles. The number of anilines is 1. The first-order valence-electron chi connectivity index (χ1n) is 4.45. The molecule has 2 nitrogen and oxygen atoms in total. The highest BCUT2D eigenvalue weighted by Crippen LogP contribution is 2.23. The van der Waals surface area contributed by atoms with Crippen molar-refractivity contribution in [3.8, 4) is 0 Å². The van der Waals surface area contributed by atoms with E-state index in [9.17, 15) is 13.2 Å². The van der Waals surface area contributed by atoms with E-state index < -0.39 is 12.3 Å². The first-order valence-corrected chi connectivity index (χ1v) is 4.45. The number of alkyl halides is 3. The third-order valence-corrected chi connectivity index (χ3v) is 1.95. The lowest BCUT2D eigenvalue weighted by atomic mass is 10.2. The molecule has 0 spiro atoms. The van der Waals surface area contributed by atoms with E-state index in [0.717, 1.165) is 12.5 Å². The van der Waals surface area contributed by atoms with E-state index in [1.54, 1.807) is 31.2 Å². The van der Waals surface area contributed by atoms with Crippen molar-refractivity contribution in [2.45, 2.75) is 26.1 Å². The maximum Gasteiger partial charge on any atom is 0.416 e. The van der Waals surface area contributed by atoms with E-state index in [-0.39, 0.29) is 0 Å². The fraction of sp³-hybridized carbons (Fsp3) is 0.400. The van der Waals surface area contributed by atoms with Crippen LogP contribution in [0.5, 0.6) is 0 Å². The Bertz CT molecular complexity index is 325. The van der Waals surface area contributed by atoms with Crippen molar-refractivity contribution in [1.29, 1.82) is 0 Å². The Morgan fingerprint density at radius 2 is 1.87 bits per heavy atom. The zero-order valence-electron chi connectivity index (χ0n) is 8.43. The molecule has 0 fully saturated rings. The molecule has 1 atom stereocenters. The summed E-state index contributed by atoms with van der Waals surface area (Å²) >= 11 is 0. The number of rotatable bonds is 3. The van der Waals surface area contributed by atoms with Gasteiger partial charge in [0, 0.05) is 0 Å². The van der Waals surface area contributed by atoms with Crippen molar-refractivity contribution in [1.82, 2.24) is 0 Å². The maximum atomic E-state index is 12.1. The second-order valence-corrected chi connectivity index (χ2v) is 3.22. The average Bonchev–Trinajstić information content (AvgIpc) is 2.14. The lowest BCUT2D eigenvalue weighted by Crippen LogP contribution is -2.30. The van der Waals surface area contributed by atoms with Crippen molar-refractivity contribution in [3.05, 3.63) is 29.8 Å². The van der Waals surface area contributed by atoms with Crippen LogP contribution >= 0.6 is 0 Å². The predicted molar refractivity (Wildman–Crippen MR) is 51.4 cm³/mol. The summed E-state index contributed by atoms with van der Waals surface area (Å²) in [5.41, 5.74) is 3.66. The molecule has 0 aromatic heterocycles. The summed E-state index contributed by atoms with van der Waals surface area (Å²) < 4.78 is 36.3. The van der Waals surface area contributed by atoms with Crippen molar-refractivity contribution in [2.75, 3.05) is 5.48 Å². The summed E-state index contributed by atoms with van der Waals surface area (Å²) in [6, 6.07) is 6.95. The van der Waals surface area contributed by atoms with Gasteiger partial charge in [0.1, 0.15) is 0 Å². The Morgan fingerprint density at radius 3 is 2.40 bits per heavy atom. The van der Waals surface area contributed by atoms with Gasteiger partial charge in [-0.05, 0) is 25.5 Å². The second kappa shape index (κ2) is 4.53. The first kappa shape index (κ1) is 11.8. The van der Waals surface area contributed by atoms with Gasteiger partial charge in [0.25, 0.3) is 0 Å². The summed E-state index contributed by atoms with van der Waals surface area (Å²) in [5.74, 6) is 0. The number of hydrogen-bond donors (Lipinski definition) is 1. The lowest BCUT2D eigenvalue weighted by Gasteiger charge is -2.17. The number of halogens is 3. The highest BCUT2D eigenvalue weighted by atomic mass is 19.4. The SMILES string of the molecule is Cc1ccccc1NOC(C)C(F)(F)F. The smallest absolute Gasteiger partial charge is 0.266 e. The standard InChI is InChI=1S/C10H12F3NO/c1-7-5-3-4-6-9(7)14-15-8(2)10(11,12)13/h3-6,8,14H,1-2H3. The summed E-state index contributed by atoms with van der Waals surface area (Å²) in [6.45, 7) is 2.73. The summed E-state index contributed by atoms with van der Waals surface area (Å²) in [6.07, 6.45) is -6.19. The Morgan fingerprint density at radius 1 is 1.27 bits per heavy atom. The number of benzene rings is 1. The van der Waals surface area contributed by atoms with Crippen LogP contribution in [-0.2, 0) is 4.84 Å². The Labute approximate surface area is 86.0 Å². The minimum absolute atomic E-state index is 0.536. The van der Waals surface area contributed by atoms with Gasteiger partial charge in [-0.15, -0.1) is 0 Å². The van der Waals surface area contributed by atoms with E-state index >= 15 is 0 Å². The van der Waals surface area contributed by atoms with Gasteiger partial charge in [-0.25, -0.2) is 0 Å². The van der Waals surface area contributed by atoms with Crippen LogP contribution in [-0.4, -0.2) is 12.3 Å². The molecular formula is C10H12F3NO. The molecular weight excluding hydrogens is 207 g/mol. The molecule has 0 aliphatic carbocycles. The number of para-hydroxylation sites is 1. The molecule has 1 unspecified atom stereocenters. The zero-order chi connectivity index (χ0) is 11.5. The molecule has 5 heteroatoms. The Kier molecular flexibility index (Phi) is 3.57. The van der Waals surface area contributed by atoms with Crippen LogP contribution in [0.1, 0.15) is 12.5 Å². The van der Waals surface area contributed by atoms with E-state index in [0.29, 0.717) is 5.69 Å². The van der Waals surface area contributed by atoms with Gasteiger partial charge in [-0.2, -0.15) is 13.2 Å². The fourth-order valence-electron chi connectivity index (χ4n) is 0.906. The molecule has 0 bridgehead atoms. The minimum atomic E-state index is -4.35. The summed E-state index contributed by atoms with van der Waals surface area (Å²) in [5, 5.41) is 0. The zero-order valence-corrected chi connectivity index (χ0v) is 8.43. The molecule has 1 aromatic rings. The quantitative estimate of drug-likeness (QED) is 0.787. The van der Waals surface area contributed by atoms with Crippen LogP contribution in [0.3, 0.4) is 0 Å². The highest BCUT2D eigenvalue weighted by Gasteiger charge is 2.37. The van der Waals surface area contributed by atoms with E-state index in [1.807, 2.05) is 0 Å². The molecule has 84 valence electrons. The topological polar surface area (TPSA) is 21.3 Å². The van der Waals surface area contributed by atoms with Gasteiger partial charge >= 0.3 is 6.18 Å². The van der Waals surface area contributed by atoms with Crippen molar-refractivity contribution in [2.24, 2.45) is 0 Å². The van der Waals surface area contributed by atoms with Crippen molar-refractivity contribution < 1.29 is 18.0 Å². The van der Waals surface area contributed by atoms with Crippen molar-refractivity contribution in [3.63, 3.8) is 0 Å². The van der Waals surface area contributed by atoms with Gasteiger partial charge < -0.3 is 0 Å². The van der Waals surface area contributed by atoms with E-state index in [4.69, 9.17) is 0 Å². The molecule has 1 N–H and O–H groups in total. The number of nitrogens with one attached hydrogen (secondary N) is 1. The number of hydrogen-bond acceptors (Lipinski definition) is 2. The van der Waals surface area contributed by atoms with Crippen molar-refractivity contribution >= 4 is 5.69 Å². The normalized spacial score (nSPS) is 13.7. The minimum Gasteiger partial charge on any atom is -0.266 e. The summed E-state index contributed by atoms with van der Waals surface area (Å²) in [7, 11) is 0. The van der Waals surface area contributed by atoms with Crippen LogP contribution in [0.4, 0.5) is 18.9 Å². The van der Waals surface area contributed by atoms with E-state index in [2.05, 4.69) is 10.3 Å². The molecule has 0 amide bonds. The van der Waals surface area contributed by atoms with Gasteiger partial charge in [0.15, 0.2) is 6.10 Å². The molecule has 0 heterocycles. The third kappa shape index (κ3) is 3.43. The third-order valence-electron chi connectivity index (χ3n) is 1.95. The average molecular weight is 219 g/mol. The van der Waals surface area contributed by atoms with E-state index in [1.165, 1.54) is 0 Å². The van der Waals surface area contributed by atoms with Crippen LogP contribution in [0.25, 0.3) is 0 Å². The predicted octanol–water partition coefficient (Wildman–Crippen LogP) is 3.29. The van der Waals surface area contributed by atoms with Gasteiger partial charge in [-0.3, -0.25) is 10.3 Å². The van der Waals surface area contributed by atoms with Crippen LogP contribution in [0, 0.1) is 6.92 Å². The lowest BCUT2D eigenvalue weighted by molar-refractivity contribution is -0.206. The highest BCUT2D eigenvalue weighted by molar-refractivity contribution is 5.48. The molecule has 15 heavy (non-hydrogen) atoms.